The van der Waals surface area contributed by atoms with E-state index >= 15 is 0 Å². The van der Waals surface area contributed by atoms with Crippen LogP contribution in [0.4, 0.5) is 0 Å². The van der Waals surface area contributed by atoms with Crippen LogP contribution in [0.15, 0.2) is 24.3 Å². The Hall–Kier alpha value is -1.65. The molecule has 0 aliphatic heterocycles. The van der Waals surface area contributed by atoms with Crippen molar-refractivity contribution in [3.8, 4) is 11.6 Å². The van der Waals surface area contributed by atoms with Crippen LogP contribution in [-0.4, -0.2) is 10.2 Å². The maximum atomic E-state index is 6.24. The Morgan fingerprint density at radius 2 is 2.00 bits per heavy atom. The molecule has 0 aliphatic carbocycles. The number of halogens is 1. The number of benzene rings is 1. The van der Waals surface area contributed by atoms with Crippen molar-refractivity contribution in [3.05, 3.63) is 46.1 Å². The summed E-state index contributed by atoms with van der Waals surface area (Å²) in [6.07, 6.45) is 0. The SMILES string of the molecule is Cc1cc(Cl)c(C(C)C)cc1Oc1ccc(CN)nn1. The summed E-state index contributed by atoms with van der Waals surface area (Å²) in [6.45, 7) is 6.50. The van der Waals surface area contributed by atoms with Crippen LogP contribution in [0.1, 0.15) is 36.6 Å². The van der Waals surface area contributed by atoms with Gasteiger partial charge in [0.15, 0.2) is 0 Å². The van der Waals surface area contributed by atoms with Crippen molar-refractivity contribution in [2.75, 3.05) is 0 Å². The van der Waals surface area contributed by atoms with Crippen molar-refractivity contribution >= 4 is 11.6 Å². The second-order valence-corrected chi connectivity index (χ2v) is 5.37. The molecule has 2 N–H and O–H groups in total. The predicted molar refractivity (Wildman–Crippen MR) is 80.3 cm³/mol. The van der Waals surface area contributed by atoms with E-state index in [-0.39, 0.29) is 0 Å². The highest BCUT2D eigenvalue weighted by Crippen LogP contribution is 2.33. The number of hydrogen-bond acceptors (Lipinski definition) is 4. The lowest BCUT2D eigenvalue weighted by Crippen LogP contribution is -2.02. The largest absolute Gasteiger partial charge is 0.437 e. The van der Waals surface area contributed by atoms with Crippen LogP contribution in [0.2, 0.25) is 5.02 Å². The van der Waals surface area contributed by atoms with Gasteiger partial charge in [0, 0.05) is 17.6 Å². The normalized spacial score (nSPS) is 10.9. The number of aromatic nitrogens is 2. The van der Waals surface area contributed by atoms with E-state index in [4.69, 9.17) is 22.1 Å². The fourth-order valence-electron chi connectivity index (χ4n) is 1.84. The number of hydrogen-bond donors (Lipinski definition) is 1. The molecule has 0 fully saturated rings. The first-order valence-electron chi connectivity index (χ1n) is 6.52. The van der Waals surface area contributed by atoms with Crippen LogP contribution in [0, 0.1) is 6.92 Å². The molecule has 0 unspecified atom stereocenters. The molecule has 0 atom stereocenters. The average molecular weight is 292 g/mol. The van der Waals surface area contributed by atoms with E-state index < -0.39 is 0 Å². The molecule has 5 heteroatoms. The van der Waals surface area contributed by atoms with Crippen LogP contribution in [0.5, 0.6) is 11.6 Å². The second kappa shape index (κ2) is 6.20. The zero-order valence-electron chi connectivity index (χ0n) is 11.9. The molecule has 0 saturated heterocycles. The maximum absolute atomic E-state index is 6.24. The Bertz CT molecular complexity index is 597. The molecule has 0 saturated carbocycles. The van der Waals surface area contributed by atoms with E-state index in [1.807, 2.05) is 19.1 Å². The van der Waals surface area contributed by atoms with Gasteiger partial charge >= 0.3 is 0 Å². The quantitative estimate of drug-likeness (QED) is 0.930. The highest BCUT2D eigenvalue weighted by atomic mass is 35.5. The smallest absolute Gasteiger partial charge is 0.238 e. The molecular weight excluding hydrogens is 274 g/mol. The summed E-state index contributed by atoms with van der Waals surface area (Å²) in [5, 5.41) is 8.73. The number of nitrogens with zero attached hydrogens (tertiary/aromatic N) is 2. The summed E-state index contributed by atoms with van der Waals surface area (Å²) in [5.41, 5.74) is 8.23. The lowest BCUT2D eigenvalue weighted by Gasteiger charge is -2.13. The van der Waals surface area contributed by atoms with Crippen LogP contribution < -0.4 is 10.5 Å². The van der Waals surface area contributed by atoms with Gasteiger partial charge in [-0.3, -0.25) is 0 Å². The molecule has 1 aromatic heterocycles. The minimum absolute atomic E-state index is 0.330. The third-order valence-electron chi connectivity index (χ3n) is 3.04. The average Bonchev–Trinajstić information content (AvgIpc) is 2.42. The van der Waals surface area contributed by atoms with E-state index in [1.54, 1.807) is 12.1 Å². The first-order chi connectivity index (χ1) is 9.51. The zero-order valence-corrected chi connectivity index (χ0v) is 12.6. The van der Waals surface area contributed by atoms with E-state index in [2.05, 4.69) is 24.0 Å². The monoisotopic (exact) mass is 291 g/mol. The summed E-state index contributed by atoms with van der Waals surface area (Å²) in [6, 6.07) is 7.43. The highest BCUT2D eigenvalue weighted by Gasteiger charge is 2.11. The Kier molecular flexibility index (Phi) is 4.57. The van der Waals surface area contributed by atoms with Gasteiger partial charge in [-0.1, -0.05) is 25.4 Å². The van der Waals surface area contributed by atoms with Gasteiger partial charge in [0.25, 0.3) is 0 Å². The van der Waals surface area contributed by atoms with Crippen LogP contribution in [-0.2, 0) is 6.54 Å². The van der Waals surface area contributed by atoms with Gasteiger partial charge in [0.05, 0.1) is 5.69 Å². The van der Waals surface area contributed by atoms with Crippen LogP contribution in [0.3, 0.4) is 0 Å². The first-order valence-corrected chi connectivity index (χ1v) is 6.89. The molecule has 0 aliphatic rings. The fraction of sp³-hybridized carbons (Fsp3) is 0.333. The zero-order chi connectivity index (χ0) is 14.7. The molecule has 1 aromatic carbocycles. The molecule has 20 heavy (non-hydrogen) atoms. The van der Waals surface area contributed by atoms with Gasteiger partial charge in [0.2, 0.25) is 5.88 Å². The molecule has 2 rings (SSSR count). The Morgan fingerprint density at radius 3 is 2.55 bits per heavy atom. The fourth-order valence-corrected chi connectivity index (χ4v) is 2.28. The third kappa shape index (κ3) is 3.26. The Morgan fingerprint density at radius 1 is 1.25 bits per heavy atom. The van der Waals surface area contributed by atoms with Crippen molar-refractivity contribution in [2.45, 2.75) is 33.2 Å². The summed E-state index contributed by atoms with van der Waals surface area (Å²) < 4.78 is 5.78. The number of rotatable bonds is 4. The van der Waals surface area contributed by atoms with Crippen molar-refractivity contribution in [2.24, 2.45) is 5.73 Å². The van der Waals surface area contributed by atoms with Gasteiger partial charge in [-0.25, -0.2) is 0 Å². The molecule has 0 amide bonds. The Balaban J connectivity index is 2.30. The van der Waals surface area contributed by atoms with Gasteiger partial charge < -0.3 is 10.5 Å². The van der Waals surface area contributed by atoms with Crippen molar-refractivity contribution < 1.29 is 4.74 Å². The summed E-state index contributed by atoms with van der Waals surface area (Å²) in [7, 11) is 0. The molecule has 2 aromatic rings. The molecule has 0 spiro atoms. The number of ether oxygens (including phenoxy) is 1. The number of aryl methyl sites for hydroxylation is 1. The summed E-state index contributed by atoms with van der Waals surface area (Å²) in [4.78, 5) is 0. The van der Waals surface area contributed by atoms with E-state index in [1.165, 1.54) is 0 Å². The van der Waals surface area contributed by atoms with Crippen LogP contribution in [0.25, 0.3) is 0 Å². The standard InChI is InChI=1S/C15H18ClN3O/c1-9(2)12-7-14(10(3)6-13(12)16)20-15-5-4-11(8-17)18-19-15/h4-7,9H,8,17H2,1-3H3. The van der Waals surface area contributed by atoms with Crippen molar-refractivity contribution in [1.29, 1.82) is 0 Å². The third-order valence-corrected chi connectivity index (χ3v) is 3.36. The predicted octanol–water partition coefficient (Wildman–Crippen LogP) is 3.81. The minimum atomic E-state index is 0.330. The molecule has 0 radical (unpaired) electrons. The molecule has 1 heterocycles. The molecular formula is C15H18ClN3O. The minimum Gasteiger partial charge on any atom is -0.437 e. The second-order valence-electron chi connectivity index (χ2n) is 4.96. The van der Waals surface area contributed by atoms with Gasteiger partial charge in [-0.05, 0) is 42.2 Å². The highest BCUT2D eigenvalue weighted by molar-refractivity contribution is 6.31. The number of nitrogens with two attached hydrogens (primary N) is 1. The molecule has 4 nitrogen and oxygen atoms in total. The summed E-state index contributed by atoms with van der Waals surface area (Å²) in [5.74, 6) is 1.52. The topological polar surface area (TPSA) is 61.0 Å². The van der Waals surface area contributed by atoms with Crippen molar-refractivity contribution in [1.82, 2.24) is 10.2 Å². The Labute approximate surface area is 123 Å². The van der Waals surface area contributed by atoms with E-state index in [9.17, 15) is 0 Å². The summed E-state index contributed by atoms with van der Waals surface area (Å²) >= 11 is 6.24. The van der Waals surface area contributed by atoms with Gasteiger partial charge in [-0.15, -0.1) is 5.10 Å². The molecule has 0 bridgehead atoms. The van der Waals surface area contributed by atoms with E-state index in [0.717, 1.165) is 27.6 Å². The maximum Gasteiger partial charge on any atom is 0.238 e. The molecule has 106 valence electrons. The van der Waals surface area contributed by atoms with Crippen LogP contribution >= 0.6 is 11.6 Å². The first kappa shape index (κ1) is 14.8. The van der Waals surface area contributed by atoms with Crippen molar-refractivity contribution in [3.63, 3.8) is 0 Å². The van der Waals surface area contributed by atoms with Gasteiger partial charge in [0.1, 0.15) is 5.75 Å². The van der Waals surface area contributed by atoms with E-state index in [0.29, 0.717) is 18.3 Å². The van der Waals surface area contributed by atoms with Gasteiger partial charge in [-0.2, -0.15) is 5.10 Å². The lowest BCUT2D eigenvalue weighted by atomic mass is 10.0. The lowest BCUT2D eigenvalue weighted by molar-refractivity contribution is 0.449.